The molecule has 3 aromatic carbocycles. The SMILES string of the molecule is CC1=C(c2nc(-c3ccc(F)cc3)no2)C(c2cccc(F)c2)NC(=S)N1c1cccc(F)c1. The van der Waals surface area contributed by atoms with Gasteiger partial charge in [0.1, 0.15) is 17.5 Å². The maximum atomic E-state index is 14.1. The highest BCUT2D eigenvalue weighted by Gasteiger charge is 2.35. The summed E-state index contributed by atoms with van der Waals surface area (Å²) in [6.45, 7) is 1.79. The van der Waals surface area contributed by atoms with Gasteiger partial charge in [-0.05, 0) is 79.3 Å². The molecule has 34 heavy (non-hydrogen) atoms. The van der Waals surface area contributed by atoms with Crippen LogP contribution < -0.4 is 10.2 Å². The van der Waals surface area contributed by atoms with Gasteiger partial charge in [0.15, 0.2) is 5.11 Å². The molecule has 5 rings (SSSR count). The summed E-state index contributed by atoms with van der Waals surface area (Å²) in [5, 5.41) is 7.55. The number of nitrogens with one attached hydrogen (secondary N) is 1. The molecule has 0 radical (unpaired) electrons. The van der Waals surface area contributed by atoms with Gasteiger partial charge in [0.2, 0.25) is 5.82 Å². The van der Waals surface area contributed by atoms with Gasteiger partial charge in [0, 0.05) is 11.3 Å². The van der Waals surface area contributed by atoms with Crippen LogP contribution in [-0.4, -0.2) is 15.3 Å². The third-order valence-electron chi connectivity index (χ3n) is 5.49. The fourth-order valence-electron chi connectivity index (χ4n) is 3.93. The molecule has 0 saturated carbocycles. The van der Waals surface area contributed by atoms with Crippen LogP contribution in [0.1, 0.15) is 24.4 Å². The van der Waals surface area contributed by atoms with E-state index in [4.69, 9.17) is 16.7 Å². The first-order chi connectivity index (χ1) is 16.4. The van der Waals surface area contributed by atoms with E-state index in [1.807, 2.05) is 0 Å². The lowest BCUT2D eigenvalue weighted by Gasteiger charge is -2.37. The number of hydrogen-bond donors (Lipinski definition) is 1. The molecular formula is C25H17F3N4OS. The summed E-state index contributed by atoms with van der Waals surface area (Å²) >= 11 is 5.60. The van der Waals surface area contributed by atoms with E-state index < -0.39 is 17.7 Å². The molecule has 1 N–H and O–H groups in total. The maximum absolute atomic E-state index is 14.1. The highest BCUT2D eigenvalue weighted by atomic mass is 32.1. The van der Waals surface area contributed by atoms with Crippen molar-refractivity contribution in [3.05, 3.63) is 107 Å². The molecular weight excluding hydrogens is 461 g/mol. The second-order valence-electron chi connectivity index (χ2n) is 7.68. The van der Waals surface area contributed by atoms with Gasteiger partial charge >= 0.3 is 0 Å². The predicted molar refractivity (Wildman–Crippen MR) is 126 cm³/mol. The fraction of sp³-hybridized carbons (Fsp3) is 0.0800. The molecule has 1 aromatic heterocycles. The van der Waals surface area contributed by atoms with Crippen LogP contribution >= 0.6 is 12.2 Å². The summed E-state index contributed by atoms with van der Waals surface area (Å²) in [5.74, 6) is -0.778. The Kier molecular flexibility index (Phi) is 5.62. The smallest absolute Gasteiger partial charge is 0.258 e. The van der Waals surface area contributed by atoms with E-state index in [1.165, 1.54) is 36.4 Å². The van der Waals surface area contributed by atoms with Gasteiger partial charge < -0.3 is 9.84 Å². The molecule has 1 aliphatic heterocycles. The van der Waals surface area contributed by atoms with E-state index in [1.54, 1.807) is 48.2 Å². The average molecular weight is 478 g/mol. The molecule has 1 unspecified atom stereocenters. The van der Waals surface area contributed by atoms with E-state index >= 15 is 0 Å². The van der Waals surface area contributed by atoms with E-state index in [-0.39, 0.29) is 17.5 Å². The van der Waals surface area contributed by atoms with Crippen LogP contribution in [0.5, 0.6) is 0 Å². The van der Waals surface area contributed by atoms with Crippen LogP contribution in [0, 0.1) is 17.5 Å². The number of anilines is 1. The van der Waals surface area contributed by atoms with E-state index in [9.17, 15) is 13.2 Å². The van der Waals surface area contributed by atoms with Crippen molar-refractivity contribution in [3.63, 3.8) is 0 Å². The van der Waals surface area contributed by atoms with Gasteiger partial charge in [-0.15, -0.1) is 0 Å². The first kappa shape index (κ1) is 21.8. The number of hydrogen-bond acceptors (Lipinski definition) is 4. The lowest BCUT2D eigenvalue weighted by Crippen LogP contribution is -2.46. The third kappa shape index (κ3) is 4.06. The molecule has 0 aliphatic carbocycles. The Morgan fingerprint density at radius 3 is 2.32 bits per heavy atom. The number of nitrogens with zero attached hydrogens (tertiary/aromatic N) is 3. The van der Waals surface area contributed by atoms with Crippen molar-refractivity contribution < 1.29 is 17.7 Å². The van der Waals surface area contributed by atoms with Crippen molar-refractivity contribution in [2.24, 2.45) is 0 Å². The van der Waals surface area contributed by atoms with Gasteiger partial charge in [0.25, 0.3) is 5.89 Å². The lowest BCUT2D eigenvalue weighted by atomic mass is 9.94. The normalized spacial score (nSPS) is 16.1. The Bertz CT molecular complexity index is 1420. The summed E-state index contributed by atoms with van der Waals surface area (Å²) in [4.78, 5) is 6.18. The van der Waals surface area contributed by atoms with E-state index in [2.05, 4.69) is 15.5 Å². The monoisotopic (exact) mass is 478 g/mol. The minimum absolute atomic E-state index is 0.169. The summed E-state index contributed by atoms with van der Waals surface area (Å²) in [6.07, 6.45) is 0. The third-order valence-corrected chi connectivity index (χ3v) is 5.79. The van der Waals surface area contributed by atoms with E-state index in [0.29, 0.717) is 33.2 Å². The van der Waals surface area contributed by atoms with Crippen LogP contribution in [0.25, 0.3) is 17.0 Å². The van der Waals surface area contributed by atoms with Crippen LogP contribution in [0.3, 0.4) is 0 Å². The number of rotatable bonds is 4. The fourth-order valence-corrected chi connectivity index (χ4v) is 4.29. The zero-order valence-electron chi connectivity index (χ0n) is 17.8. The van der Waals surface area contributed by atoms with Crippen molar-refractivity contribution in [1.29, 1.82) is 0 Å². The number of benzene rings is 3. The quantitative estimate of drug-likeness (QED) is 0.362. The highest BCUT2D eigenvalue weighted by Crippen LogP contribution is 2.39. The highest BCUT2D eigenvalue weighted by molar-refractivity contribution is 7.80. The van der Waals surface area contributed by atoms with Gasteiger partial charge in [-0.2, -0.15) is 4.98 Å². The number of thiocarbonyl (C=S) groups is 1. The minimum atomic E-state index is -0.602. The van der Waals surface area contributed by atoms with Gasteiger partial charge in [-0.25, -0.2) is 13.2 Å². The molecule has 9 heteroatoms. The number of halogens is 3. The zero-order valence-corrected chi connectivity index (χ0v) is 18.6. The van der Waals surface area contributed by atoms with Crippen molar-refractivity contribution in [2.45, 2.75) is 13.0 Å². The Morgan fingerprint density at radius 2 is 1.62 bits per heavy atom. The molecule has 170 valence electrons. The molecule has 1 atom stereocenters. The summed E-state index contributed by atoms with van der Waals surface area (Å²) in [5.41, 5.74) is 2.82. The molecule has 1 aliphatic rings. The second-order valence-corrected chi connectivity index (χ2v) is 8.07. The van der Waals surface area contributed by atoms with Crippen molar-refractivity contribution >= 4 is 28.6 Å². The number of allylic oxidation sites excluding steroid dienone is 1. The van der Waals surface area contributed by atoms with Crippen LogP contribution in [0.15, 0.2) is 83.0 Å². The first-order valence-corrected chi connectivity index (χ1v) is 10.7. The average Bonchev–Trinajstić information content (AvgIpc) is 3.29. The maximum Gasteiger partial charge on any atom is 0.258 e. The van der Waals surface area contributed by atoms with Gasteiger partial charge in [0.05, 0.1) is 17.3 Å². The van der Waals surface area contributed by atoms with Crippen LogP contribution in [0.2, 0.25) is 0 Å². The molecule has 0 fully saturated rings. The molecule has 4 aromatic rings. The molecule has 2 heterocycles. The predicted octanol–water partition coefficient (Wildman–Crippen LogP) is 6.02. The van der Waals surface area contributed by atoms with Crippen LogP contribution in [0.4, 0.5) is 18.9 Å². The van der Waals surface area contributed by atoms with Gasteiger partial charge in [-0.3, -0.25) is 4.90 Å². The Morgan fingerprint density at radius 1 is 0.912 bits per heavy atom. The standard InChI is InChI=1S/C25H17F3N4OS/c1-14-21(24-30-23(31-33-24)15-8-10-17(26)11-9-15)22(16-4-2-5-18(27)12-16)29-25(34)32(14)20-7-3-6-19(28)13-20/h2-13,22H,1H3,(H,29,34). The molecule has 0 saturated heterocycles. The lowest BCUT2D eigenvalue weighted by molar-refractivity contribution is 0.404. The van der Waals surface area contributed by atoms with Crippen molar-refractivity contribution in [2.75, 3.05) is 4.90 Å². The topological polar surface area (TPSA) is 54.2 Å². The summed E-state index contributed by atoms with van der Waals surface area (Å²) in [6, 6.07) is 17.2. The first-order valence-electron chi connectivity index (χ1n) is 10.3. The molecule has 0 amide bonds. The largest absolute Gasteiger partial charge is 0.351 e. The summed E-state index contributed by atoms with van der Waals surface area (Å²) < 4.78 is 47.0. The minimum Gasteiger partial charge on any atom is -0.351 e. The number of aromatic nitrogens is 2. The molecule has 5 nitrogen and oxygen atoms in total. The Labute approximate surface area is 198 Å². The van der Waals surface area contributed by atoms with Crippen molar-refractivity contribution in [1.82, 2.24) is 15.5 Å². The second kappa shape index (κ2) is 8.75. The van der Waals surface area contributed by atoms with E-state index in [0.717, 1.165) is 0 Å². The van der Waals surface area contributed by atoms with Crippen molar-refractivity contribution in [3.8, 4) is 11.4 Å². The van der Waals surface area contributed by atoms with Gasteiger partial charge in [-0.1, -0.05) is 23.4 Å². The molecule has 0 spiro atoms. The molecule has 0 bridgehead atoms. The zero-order chi connectivity index (χ0) is 23.8. The van der Waals surface area contributed by atoms with Crippen LogP contribution in [-0.2, 0) is 0 Å². The Balaban J connectivity index is 1.66. The Hall–Kier alpha value is -3.98. The summed E-state index contributed by atoms with van der Waals surface area (Å²) in [7, 11) is 0.